The smallest absolute Gasteiger partial charge is 0.307 e. The van der Waals surface area contributed by atoms with Crippen LogP contribution < -0.4 is 0 Å². The van der Waals surface area contributed by atoms with Gasteiger partial charge in [-0.25, -0.2) is 4.98 Å². The molecular formula is C14H13N3O3. The number of nitrogens with one attached hydrogen (secondary N) is 1. The Bertz CT molecular complexity index is 782. The molecule has 0 aliphatic rings. The standard InChI is InChI=1S/C14H13N3O3/c1-7-13(8(2)20-17-7)14-15-10-4-3-9(6-12(18)19)5-11(10)16-14/h3-5H,6H2,1-2H3,(H,15,16)(H,18,19). The Kier molecular flexibility index (Phi) is 2.78. The first-order valence-corrected chi connectivity index (χ1v) is 6.18. The fourth-order valence-corrected chi connectivity index (χ4v) is 2.28. The van der Waals surface area contributed by atoms with Crippen LogP contribution in [0, 0.1) is 13.8 Å². The van der Waals surface area contributed by atoms with Gasteiger partial charge in [-0.05, 0) is 31.5 Å². The maximum atomic E-state index is 10.7. The van der Waals surface area contributed by atoms with Crippen molar-refractivity contribution in [1.82, 2.24) is 15.1 Å². The molecule has 0 atom stereocenters. The number of hydrogen-bond acceptors (Lipinski definition) is 4. The van der Waals surface area contributed by atoms with Crippen LogP contribution >= 0.6 is 0 Å². The molecule has 102 valence electrons. The Hall–Kier alpha value is -2.63. The van der Waals surface area contributed by atoms with Crippen LogP contribution in [0.4, 0.5) is 0 Å². The molecule has 2 aromatic heterocycles. The molecule has 0 bridgehead atoms. The highest BCUT2D eigenvalue weighted by atomic mass is 16.5. The van der Waals surface area contributed by atoms with Crippen LogP contribution in [0.3, 0.4) is 0 Å². The number of fused-ring (bicyclic) bond motifs is 1. The second kappa shape index (κ2) is 4.48. The first-order chi connectivity index (χ1) is 9.54. The third-order valence-electron chi connectivity index (χ3n) is 3.17. The summed E-state index contributed by atoms with van der Waals surface area (Å²) in [5.74, 6) is 0.533. The molecule has 0 amide bonds. The van der Waals surface area contributed by atoms with Gasteiger partial charge < -0.3 is 14.6 Å². The third kappa shape index (κ3) is 2.05. The number of rotatable bonds is 3. The number of aromatic nitrogens is 3. The second-order valence-corrected chi connectivity index (χ2v) is 4.71. The Morgan fingerprint density at radius 2 is 2.20 bits per heavy atom. The highest BCUT2D eigenvalue weighted by molar-refractivity contribution is 5.82. The molecule has 1 aromatic carbocycles. The van der Waals surface area contributed by atoms with Gasteiger partial charge in [-0.2, -0.15) is 0 Å². The van der Waals surface area contributed by atoms with Crippen LogP contribution in [-0.2, 0) is 11.2 Å². The predicted octanol–water partition coefficient (Wildman–Crippen LogP) is 2.46. The highest BCUT2D eigenvalue weighted by Gasteiger charge is 2.15. The van der Waals surface area contributed by atoms with E-state index in [1.807, 2.05) is 19.9 Å². The summed E-state index contributed by atoms with van der Waals surface area (Å²) in [5.41, 5.74) is 3.94. The maximum absolute atomic E-state index is 10.7. The van der Waals surface area contributed by atoms with E-state index in [1.54, 1.807) is 12.1 Å². The zero-order chi connectivity index (χ0) is 14.3. The number of carboxylic acid groups (broad SMARTS) is 1. The van der Waals surface area contributed by atoms with Crippen LogP contribution in [-0.4, -0.2) is 26.2 Å². The van der Waals surface area contributed by atoms with E-state index in [0.29, 0.717) is 11.6 Å². The van der Waals surface area contributed by atoms with Crippen LogP contribution in [0.25, 0.3) is 22.4 Å². The average Bonchev–Trinajstić information content (AvgIpc) is 2.91. The summed E-state index contributed by atoms with van der Waals surface area (Å²) < 4.78 is 5.13. The molecule has 3 rings (SSSR count). The average molecular weight is 271 g/mol. The minimum Gasteiger partial charge on any atom is -0.481 e. The van der Waals surface area contributed by atoms with Gasteiger partial charge in [0.15, 0.2) is 0 Å². The summed E-state index contributed by atoms with van der Waals surface area (Å²) >= 11 is 0. The first-order valence-electron chi connectivity index (χ1n) is 6.18. The lowest BCUT2D eigenvalue weighted by Gasteiger charge is -1.95. The van der Waals surface area contributed by atoms with Crippen molar-refractivity contribution in [2.75, 3.05) is 0 Å². The summed E-state index contributed by atoms with van der Waals surface area (Å²) in [6.07, 6.45) is -0.00435. The van der Waals surface area contributed by atoms with E-state index in [0.717, 1.165) is 27.9 Å². The van der Waals surface area contributed by atoms with Crippen molar-refractivity contribution in [3.8, 4) is 11.4 Å². The third-order valence-corrected chi connectivity index (χ3v) is 3.17. The lowest BCUT2D eigenvalue weighted by atomic mass is 10.1. The number of imidazole rings is 1. The number of benzene rings is 1. The summed E-state index contributed by atoms with van der Waals surface area (Å²) in [7, 11) is 0. The van der Waals surface area contributed by atoms with Crippen LogP contribution in [0.2, 0.25) is 0 Å². The summed E-state index contributed by atoms with van der Waals surface area (Å²) in [4.78, 5) is 18.4. The van der Waals surface area contributed by atoms with Crippen molar-refractivity contribution < 1.29 is 14.4 Å². The van der Waals surface area contributed by atoms with Gasteiger partial charge in [0.2, 0.25) is 0 Å². The minimum atomic E-state index is -0.852. The van der Waals surface area contributed by atoms with Crippen molar-refractivity contribution in [1.29, 1.82) is 0 Å². The quantitative estimate of drug-likeness (QED) is 0.763. The van der Waals surface area contributed by atoms with Crippen LogP contribution in [0.1, 0.15) is 17.0 Å². The number of aromatic amines is 1. The molecule has 20 heavy (non-hydrogen) atoms. The Balaban J connectivity index is 2.09. The SMILES string of the molecule is Cc1noc(C)c1-c1nc2ccc(CC(=O)O)cc2[nH]1. The Morgan fingerprint density at radius 3 is 2.85 bits per heavy atom. The normalized spacial score (nSPS) is 11.1. The van der Waals surface area contributed by atoms with E-state index in [9.17, 15) is 4.79 Å². The molecule has 0 spiro atoms. The molecule has 2 N–H and O–H groups in total. The number of carboxylic acids is 1. The zero-order valence-electron chi connectivity index (χ0n) is 11.1. The van der Waals surface area contributed by atoms with E-state index in [-0.39, 0.29) is 6.42 Å². The minimum absolute atomic E-state index is 0.00435. The molecule has 0 saturated carbocycles. The van der Waals surface area contributed by atoms with E-state index in [1.165, 1.54) is 0 Å². The van der Waals surface area contributed by atoms with Gasteiger partial charge in [-0.3, -0.25) is 4.79 Å². The van der Waals surface area contributed by atoms with E-state index >= 15 is 0 Å². The predicted molar refractivity (Wildman–Crippen MR) is 72.4 cm³/mol. The van der Waals surface area contributed by atoms with Crippen LogP contribution in [0.5, 0.6) is 0 Å². The second-order valence-electron chi connectivity index (χ2n) is 4.71. The number of H-pyrrole nitrogens is 1. The lowest BCUT2D eigenvalue weighted by molar-refractivity contribution is -0.136. The fourth-order valence-electron chi connectivity index (χ4n) is 2.28. The molecule has 6 heteroatoms. The lowest BCUT2D eigenvalue weighted by Crippen LogP contribution is -1.99. The van der Waals surface area contributed by atoms with E-state index in [2.05, 4.69) is 15.1 Å². The molecule has 0 radical (unpaired) electrons. The maximum Gasteiger partial charge on any atom is 0.307 e. The Morgan fingerprint density at radius 1 is 1.40 bits per heavy atom. The fraction of sp³-hybridized carbons (Fsp3) is 0.214. The van der Waals surface area contributed by atoms with Gasteiger partial charge >= 0.3 is 5.97 Å². The topological polar surface area (TPSA) is 92.0 Å². The van der Waals surface area contributed by atoms with Gasteiger partial charge in [0.1, 0.15) is 11.6 Å². The molecular weight excluding hydrogens is 258 g/mol. The molecule has 0 unspecified atom stereocenters. The van der Waals surface area contributed by atoms with Crippen molar-refractivity contribution in [3.63, 3.8) is 0 Å². The van der Waals surface area contributed by atoms with Gasteiger partial charge in [-0.15, -0.1) is 0 Å². The summed E-state index contributed by atoms with van der Waals surface area (Å²) in [5, 5.41) is 12.7. The number of aryl methyl sites for hydroxylation is 2. The van der Waals surface area contributed by atoms with Gasteiger partial charge in [0, 0.05) is 0 Å². The molecule has 0 aliphatic heterocycles. The molecule has 2 heterocycles. The van der Waals surface area contributed by atoms with Gasteiger partial charge in [-0.1, -0.05) is 11.2 Å². The first kappa shape index (κ1) is 12.4. The van der Waals surface area contributed by atoms with E-state index in [4.69, 9.17) is 9.63 Å². The van der Waals surface area contributed by atoms with Crippen molar-refractivity contribution in [2.45, 2.75) is 20.3 Å². The van der Waals surface area contributed by atoms with E-state index < -0.39 is 5.97 Å². The molecule has 6 nitrogen and oxygen atoms in total. The van der Waals surface area contributed by atoms with Gasteiger partial charge in [0.05, 0.1) is 28.7 Å². The van der Waals surface area contributed by atoms with Crippen molar-refractivity contribution >= 4 is 17.0 Å². The molecule has 0 saturated heterocycles. The van der Waals surface area contributed by atoms with Crippen molar-refractivity contribution in [3.05, 3.63) is 35.2 Å². The number of carbonyl (C=O) groups is 1. The Labute approximate surface area is 114 Å². The number of aliphatic carboxylic acids is 1. The highest BCUT2D eigenvalue weighted by Crippen LogP contribution is 2.26. The molecule has 0 aliphatic carbocycles. The van der Waals surface area contributed by atoms with Crippen LogP contribution in [0.15, 0.2) is 22.7 Å². The zero-order valence-corrected chi connectivity index (χ0v) is 11.1. The molecule has 0 fully saturated rings. The largest absolute Gasteiger partial charge is 0.481 e. The molecule has 3 aromatic rings. The summed E-state index contributed by atoms with van der Waals surface area (Å²) in [6, 6.07) is 5.39. The monoisotopic (exact) mass is 271 g/mol. The summed E-state index contributed by atoms with van der Waals surface area (Å²) in [6.45, 7) is 3.69. The van der Waals surface area contributed by atoms with Gasteiger partial charge in [0.25, 0.3) is 0 Å². The number of hydrogen-bond donors (Lipinski definition) is 2. The number of nitrogens with zero attached hydrogens (tertiary/aromatic N) is 2. The van der Waals surface area contributed by atoms with Crippen molar-refractivity contribution in [2.24, 2.45) is 0 Å².